The summed E-state index contributed by atoms with van der Waals surface area (Å²) in [6.45, 7) is 5.39. The van der Waals surface area contributed by atoms with Crippen molar-refractivity contribution < 1.29 is 9.72 Å². The van der Waals surface area contributed by atoms with Crippen LogP contribution in [0.3, 0.4) is 0 Å². The van der Waals surface area contributed by atoms with Crippen LogP contribution >= 0.6 is 11.3 Å². The summed E-state index contributed by atoms with van der Waals surface area (Å²) in [7, 11) is 0. The molecule has 0 bridgehead atoms. The zero-order chi connectivity index (χ0) is 14.9. The molecule has 9 heteroatoms. The van der Waals surface area contributed by atoms with E-state index in [2.05, 4.69) is 15.4 Å². The van der Waals surface area contributed by atoms with E-state index in [-0.39, 0.29) is 11.6 Å². The number of aryl methyl sites for hydroxylation is 2. The third-order valence-electron chi connectivity index (χ3n) is 2.83. The van der Waals surface area contributed by atoms with Crippen LogP contribution in [0.5, 0.6) is 0 Å². The largest absolute Gasteiger partial charge is 0.307 e. The van der Waals surface area contributed by atoms with Crippen LogP contribution in [0.4, 0.5) is 10.8 Å². The van der Waals surface area contributed by atoms with Gasteiger partial charge in [0.2, 0.25) is 0 Å². The molecule has 2 rings (SSSR count). The van der Waals surface area contributed by atoms with E-state index < -0.39 is 11.0 Å². The molecule has 8 nitrogen and oxygen atoms in total. The van der Waals surface area contributed by atoms with Crippen LogP contribution in [-0.2, 0) is 4.79 Å². The number of anilines is 1. The van der Waals surface area contributed by atoms with Gasteiger partial charge in [-0.15, -0.1) is 11.3 Å². The van der Waals surface area contributed by atoms with Gasteiger partial charge in [0.25, 0.3) is 5.91 Å². The number of nitrogens with one attached hydrogen (secondary N) is 1. The number of amides is 1. The average molecular weight is 295 g/mol. The molecule has 1 N–H and O–H groups in total. The Labute approximate surface area is 118 Å². The number of nitrogens with zero attached hydrogens (tertiary/aromatic N) is 4. The van der Waals surface area contributed by atoms with Gasteiger partial charge in [-0.2, -0.15) is 5.10 Å². The summed E-state index contributed by atoms with van der Waals surface area (Å²) in [5.41, 5.74) is 0.721. The molecular weight excluding hydrogens is 282 g/mol. The van der Waals surface area contributed by atoms with Crippen LogP contribution in [0.25, 0.3) is 0 Å². The molecule has 20 heavy (non-hydrogen) atoms. The molecular formula is C11H13N5O3S. The van der Waals surface area contributed by atoms with Crippen LogP contribution in [0.2, 0.25) is 0 Å². The molecule has 1 unspecified atom stereocenters. The van der Waals surface area contributed by atoms with E-state index in [1.807, 2.05) is 13.8 Å². The van der Waals surface area contributed by atoms with E-state index in [1.54, 1.807) is 6.92 Å². The fourth-order valence-corrected chi connectivity index (χ4v) is 2.31. The van der Waals surface area contributed by atoms with Crippen molar-refractivity contribution in [3.05, 3.63) is 33.1 Å². The van der Waals surface area contributed by atoms with Gasteiger partial charge in [0.1, 0.15) is 18.4 Å². The summed E-state index contributed by atoms with van der Waals surface area (Å²) in [6, 6.07) is -0.659. The quantitative estimate of drug-likeness (QED) is 0.687. The van der Waals surface area contributed by atoms with Crippen molar-refractivity contribution in [2.24, 2.45) is 0 Å². The molecule has 106 valence electrons. The lowest BCUT2D eigenvalue weighted by Crippen LogP contribution is -2.23. The minimum Gasteiger partial charge on any atom is -0.300 e. The highest BCUT2D eigenvalue weighted by Crippen LogP contribution is 2.22. The van der Waals surface area contributed by atoms with Gasteiger partial charge in [0.15, 0.2) is 5.13 Å². The normalized spacial score (nSPS) is 12.2. The zero-order valence-electron chi connectivity index (χ0n) is 11.2. The summed E-state index contributed by atoms with van der Waals surface area (Å²) in [6.07, 6.45) is 2.34. The van der Waals surface area contributed by atoms with E-state index in [0.29, 0.717) is 5.13 Å². The molecule has 0 saturated carbocycles. The predicted octanol–water partition coefficient (Wildman–Crippen LogP) is 2.06. The second kappa shape index (κ2) is 5.37. The SMILES string of the molecule is Cc1nc(NC(=O)C(C)n2cc([N+](=O)[O-])cn2)sc1C. The van der Waals surface area contributed by atoms with Crippen molar-refractivity contribution in [2.45, 2.75) is 26.8 Å². The number of nitro groups is 1. The summed E-state index contributed by atoms with van der Waals surface area (Å²) >= 11 is 1.38. The molecule has 0 aromatic carbocycles. The minimum atomic E-state index is -0.659. The molecule has 2 aromatic heterocycles. The first-order valence-corrected chi connectivity index (χ1v) is 6.63. The molecule has 0 saturated heterocycles. The third kappa shape index (κ3) is 2.82. The Kier molecular flexibility index (Phi) is 3.79. The molecule has 0 spiro atoms. The number of carbonyl (C=O) groups excluding carboxylic acids is 1. The van der Waals surface area contributed by atoms with Crippen molar-refractivity contribution >= 4 is 28.1 Å². The Bertz CT molecular complexity index is 643. The minimum absolute atomic E-state index is 0.148. The van der Waals surface area contributed by atoms with Crippen molar-refractivity contribution in [3.63, 3.8) is 0 Å². The molecule has 0 fully saturated rings. The number of hydrogen-bond donors (Lipinski definition) is 1. The van der Waals surface area contributed by atoms with Gasteiger partial charge in [-0.3, -0.25) is 19.6 Å². The van der Waals surface area contributed by atoms with Gasteiger partial charge in [-0.05, 0) is 20.8 Å². The fourth-order valence-electron chi connectivity index (χ4n) is 1.49. The van der Waals surface area contributed by atoms with Gasteiger partial charge in [-0.1, -0.05) is 0 Å². The van der Waals surface area contributed by atoms with E-state index in [4.69, 9.17) is 0 Å². The van der Waals surface area contributed by atoms with Gasteiger partial charge in [-0.25, -0.2) is 4.98 Å². The van der Waals surface area contributed by atoms with E-state index in [1.165, 1.54) is 22.2 Å². The lowest BCUT2D eigenvalue weighted by molar-refractivity contribution is -0.385. The van der Waals surface area contributed by atoms with Gasteiger partial charge in [0.05, 0.1) is 10.6 Å². The second-order valence-electron chi connectivity index (χ2n) is 4.26. The highest BCUT2D eigenvalue weighted by Gasteiger charge is 2.20. The first-order valence-electron chi connectivity index (χ1n) is 5.82. The molecule has 1 atom stereocenters. The van der Waals surface area contributed by atoms with Crippen LogP contribution < -0.4 is 5.32 Å². The monoisotopic (exact) mass is 295 g/mol. The summed E-state index contributed by atoms with van der Waals surface area (Å²) in [5, 5.41) is 17.6. The van der Waals surface area contributed by atoms with Gasteiger partial charge >= 0.3 is 5.69 Å². The topological polar surface area (TPSA) is 103 Å². The molecule has 0 radical (unpaired) electrons. The first-order chi connectivity index (χ1) is 9.38. The third-order valence-corrected chi connectivity index (χ3v) is 3.82. The number of carbonyl (C=O) groups is 1. The Balaban J connectivity index is 2.09. The van der Waals surface area contributed by atoms with E-state index in [0.717, 1.165) is 16.8 Å². The molecule has 2 heterocycles. The van der Waals surface area contributed by atoms with Crippen LogP contribution in [0.15, 0.2) is 12.4 Å². The highest BCUT2D eigenvalue weighted by atomic mass is 32.1. The average Bonchev–Trinajstić information content (AvgIpc) is 2.96. The maximum atomic E-state index is 12.0. The Morgan fingerprint density at radius 3 is 2.75 bits per heavy atom. The zero-order valence-corrected chi connectivity index (χ0v) is 12.0. The van der Waals surface area contributed by atoms with E-state index >= 15 is 0 Å². The number of hydrogen-bond acceptors (Lipinski definition) is 6. The smallest absolute Gasteiger partial charge is 0.300 e. The lowest BCUT2D eigenvalue weighted by atomic mass is 10.3. The fraction of sp³-hybridized carbons (Fsp3) is 0.364. The van der Waals surface area contributed by atoms with Crippen molar-refractivity contribution in [3.8, 4) is 0 Å². The van der Waals surface area contributed by atoms with Crippen LogP contribution in [0.1, 0.15) is 23.5 Å². The van der Waals surface area contributed by atoms with Crippen molar-refractivity contribution in [2.75, 3.05) is 5.32 Å². The number of rotatable bonds is 4. The molecule has 0 aliphatic rings. The molecule has 1 amide bonds. The summed E-state index contributed by atoms with van der Waals surface area (Å²) in [5.74, 6) is -0.322. The Morgan fingerprint density at radius 1 is 1.55 bits per heavy atom. The number of aromatic nitrogens is 3. The van der Waals surface area contributed by atoms with Crippen molar-refractivity contribution in [1.29, 1.82) is 0 Å². The summed E-state index contributed by atoms with van der Waals surface area (Å²) < 4.78 is 1.25. The second-order valence-corrected chi connectivity index (χ2v) is 5.46. The van der Waals surface area contributed by atoms with Gasteiger partial charge in [0, 0.05) is 4.88 Å². The molecule has 0 aliphatic heterocycles. The standard InChI is InChI=1S/C11H13N5O3S/c1-6-8(3)20-11(13-6)14-10(17)7(2)15-5-9(4-12-15)16(18)19/h4-5,7H,1-3H3,(H,13,14,17). The van der Waals surface area contributed by atoms with Crippen LogP contribution in [0, 0.1) is 24.0 Å². The van der Waals surface area contributed by atoms with Gasteiger partial charge < -0.3 is 5.32 Å². The van der Waals surface area contributed by atoms with Crippen molar-refractivity contribution in [1.82, 2.24) is 14.8 Å². The summed E-state index contributed by atoms with van der Waals surface area (Å²) in [4.78, 5) is 27.3. The van der Waals surface area contributed by atoms with Crippen LogP contribution in [-0.4, -0.2) is 25.6 Å². The Morgan fingerprint density at radius 2 is 2.25 bits per heavy atom. The lowest BCUT2D eigenvalue weighted by Gasteiger charge is -2.10. The molecule has 2 aromatic rings. The first kappa shape index (κ1) is 14.1. The maximum absolute atomic E-state index is 12.0. The number of thiazole rings is 1. The predicted molar refractivity (Wildman–Crippen MR) is 73.8 cm³/mol. The molecule has 0 aliphatic carbocycles. The van der Waals surface area contributed by atoms with E-state index in [9.17, 15) is 14.9 Å². The highest BCUT2D eigenvalue weighted by molar-refractivity contribution is 7.15. The maximum Gasteiger partial charge on any atom is 0.307 e. The Hall–Kier alpha value is -2.29.